The first-order valence-corrected chi connectivity index (χ1v) is 6.73. The summed E-state index contributed by atoms with van der Waals surface area (Å²) in [4.78, 5) is 23.9. The Morgan fingerprint density at radius 3 is 2.09 bits per heavy atom. The van der Waals surface area contributed by atoms with Crippen LogP contribution in [-0.4, -0.2) is 18.9 Å². The first kappa shape index (κ1) is 15.5. The second kappa shape index (κ2) is 7.22. The summed E-state index contributed by atoms with van der Waals surface area (Å²) in [5, 5.41) is 0. The molecule has 0 bridgehead atoms. The predicted molar refractivity (Wildman–Crippen MR) is 82.7 cm³/mol. The lowest BCUT2D eigenvalue weighted by Crippen LogP contribution is -2.09. The fourth-order valence-corrected chi connectivity index (χ4v) is 1.84. The molecule has 22 heavy (non-hydrogen) atoms. The van der Waals surface area contributed by atoms with E-state index in [2.05, 4.69) is 0 Å². The van der Waals surface area contributed by atoms with E-state index in [9.17, 15) is 9.59 Å². The molecule has 4 nitrogen and oxygen atoms in total. The van der Waals surface area contributed by atoms with E-state index in [0.29, 0.717) is 22.4 Å². The minimum absolute atomic E-state index is 0.0751. The van der Waals surface area contributed by atoms with E-state index in [1.54, 1.807) is 43.3 Å². The van der Waals surface area contributed by atoms with Gasteiger partial charge in [-0.1, -0.05) is 30.3 Å². The number of carbonyl (C=O) groups excluding carboxylic acids is 2. The SMILES string of the molecule is COC=C(C)C(=O)Oc1ccc(C(=O)c2ccccc2)cc1. The van der Waals surface area contributed by atoms with Crippen molar-refractivity contribution in [2.75, 3.05) is 7.11 Å². The summed E-state index contributed by atoms with van der Waals surface area (Å²) in [6.45, 7) is 1.60. The number of ketones is 1. The van der Waals surface area contributed by atoms with Gasteiger partial charge in [0.15, 0.2) is 5.78 Å². The van der Waals surface area contributed by atoms with E-state index >= 15 is 0 Å². The number of esters is 1. The van der Waals surface area contributed by atoms with Crippen LogP contribution in [0.4, 0.5) is 0 Å². The van der Waals surface area contributed by atoms with Crippen LogP contribution in [0.3, 0.4) is 0 Å². The standard InChI is InChI=1S/C18H16O4/c1-13(12-21-2)18(20)22-16-10-8-15(9-11-16)17(19)14-6-4-3-5-7-14/h3-12H,1-2H3. The summed E-state index contributed by atoms with van der Waals surface area (Å²) in [6.07, 6.45) is 1.32. The molecule has 0 aromatic heterocycles. The van der Waals surface area contributed by atoms with Crippen LogP contribution in [0.2, 0.25) is 0 Å². The molecule has 2 aromatic carbocycles. The molecular weight excluding hydrogens is 280 g/mol. The number of methoxy groups -OCH3 is 1. The summed E-state index contributed by atoms with van der Waals surface area (Å²) in [5.41, 5.74) is 1.51. The number of hydrogen-bond acceptors (Lipinski definition) is 4. The zero-order chi connectivity index (χ0) is 15.9. The normalized spacial score (nSPS) is 10.9. The zero-order valence-corrected chi connectivity index (χ0v) is 12.4. The van der Waals surface area contributed by atoms with E-state index in [-0.39, 0.29) is 5.78 Å². The van der Waals surface area contributed by atoms with Gasteiger partial charge in [-0.05, 0) is 31.2 Å². The Balaban J connectivity index is 2.09. The van der Waals surface area contributed by atoms with Crippen molar-refractivity contribution in [1.82, 2.24) is 0 Å². The molecule has 0 atom stereocenters. The van der Waals surface area contributed by atoms with Crippen molar-refractivity contribution in [3.8, 4) is 5.75 Å². The predicted octanol–water partition coefficient (Wildman–Crippen LogP) is 3.37. The molecular formula is C18H16O4. The van der Waals surface area contributed by atoms with Crippen LogP contribution >= 0.6 is 0 Å². The molecule has 0 amide bonds. The van der Waals surface area contributed by atoms with E-state index in [0.717, 1.165) is 0 Å². The van der Waals surface area contributed by atoms with E-state index in [1.807, 2.05) is 18.2 Å². The van der Waals surface area contributed by atoms with Crippen LogP contribution in [0, 0.1) is 0 Å². The Labute approximate surface area is 129 Å². The first-order chi connectivity index (χ1) is 10.6. The van der Waals surface area contributed by atoms with Crippen molar-refractivity contribution in [2.24, 2.45) is 0 Å². The zero-order valence-electron chi connectivity index (χ0n) is 12.4. The van der Waals surface area contributed by atoms with Gasteiger partial charge in [0.2, 0.25) is 0 Å². The Morgan fingerprint density at radius 2 is 1.50 bits per heavy atom. The molecule has 0 saturated carbocycles. The fourth-order valence-electron chi connectivity index (χ4n) is 1.84. The molecule has 0 fully saturated rings. The van der Waals surface area contributed by atoms with Crippen molar-refractivity contribution >= 4 is 11.8 Å². The van der Waals surface area contributed by atoms with Gasteiger partial charge >= 0.3 is 5.97 Å². The van der Waals surface area contributed by atoms with Gasteiger partial charge in [-0.15, -0.1) is 0 Å². The summed E-state index contributed by atoms with van der Waals surface area (Å²) in [6, 6.07) is 15.4. The van der Waals surface area contributed by atoms with Crippen LogP contribution in [0.25, 0.3) is 0 Å². The monoisotopic (exact) mass is 296 g/mol. The summed E-state index contributed by atoms with van der Waals surface area (Å²) in [5.74, 6) is -0.198. The smallest absolute Gasteiger partial charge is 0.342 e. The minimum atomic E-state index is -0.496. The second-order valence-corrected chi connectivity index (χ2v) is 4.65. The highest BCUT2D eigenvalue weighted by molar-refractivity contribution is 6.09. The molecule has 0 radical (unpaired) electrons. The van der Waals surface area contributed by atoms with Gasteiger partial charge in [-0.25, -0.2) is 4.79 Å². The average molecular weight is 296 g/mol. The summed E-state index contributed by atoms with van der Waals surface area (Å²) >= 11 is 0. The number of rotatable bonds is 5. The second-order valence-electron chi connectivity index (χ2n) is 4.65. The van der Waals surface area contributed by atoms with Crippen LogP contribution < -0.4 is 4.74 Å². The molecule has 2 rings (SSSR count). The molecule has 0 heterocycles. The van der Waals surface area contributed by atoms with Crippen molar-refractivity contribution in [3.05, 3.63) is 77.6 Å². The molecule has 0 unspecified atom stereocenters. The quantitative estimate of drug-likeness (QED) is 0.279. The van der Waals surface area contributed by atoms with Crippen molar-refractivity contribution < 1.29 is 19.1 Å². The Bertz CT molecular complexity index is 685. The highest BCUT2D eigenvalue weighted by Gasteiger charge is 2.11. The van der Waals surface area contributed by atoms with Crippen LogP contribution in [0.15, 0.2) is 66.4 Å². The molecule has 0 spiro atoms. The average Bonchev–Trinajstić information content (AvgIpc) is 2.56. The first-order valence-electron chi connectivity index (χ1n) is 6.73. The van der Waals surface area contributed by atoms with Gasteiger partial charge in [-0.2, -0.15) is 0 Å². The third-order valence-electron chi connectivity index (χ3n) is 2.98. The third-order valence-corrected chi connectivity index (χ3v) is 2.98. The van der Waals surface area contributed by atoms with E-state index in [4.69, 9.17) is 9.47 Å². The molecule has 0 aliphatic rings. The Kier molecular flexibility index (Phi) is 5.09. The Hall–Kier alpha value is -2.88. The van der Waals surface area contributed by atoms with Crippen LogP contribution in [0.1, 0.15) is 22.8 Å². The molecule has 0 saturated heterocycles. The van der Waals surface area contributed by atoms with Gasteiger partial charge in [0.05, 0.1) is 18.9 Å². The largest absolute Gasteiger partial charge is 0.504 e. The Morgan fingerprint density at radius 1 is 0.909 bits per heavy atom. The molecule has 0 N–H and O–H groups in total. The maximum Gasteiger partial charge on any atom is 0.342 e. The van der Waals surface area contributed by atoms with E-state index in [1.165, 1.54) is 13.4 Å². The number of ether oxygens (including phenoxy) is 2. The topological polar surface area (TPSA) is 52.6 Å². The highest BCUT2D eigenvalue weighted by Crippen LogP contribution is 2.16. The molecule has 4 heteroatoms. The summed E-state index contributed by atoms with van der Waals surface area (Å²) in [7, 11) is 1.46. The van der Waals surface area contributed by atoms with Gasteiger partial charge < -0.3 is 9.47 Å². The van der Waals surface area contributed by atoms with Crippen LogP contribution in [0.5, 0.6) is 5.75 Å². The van der Waals surface area contributed by atoms with Gasteiger partial charge in [0.1, 0.15) is 5.75 Å². The van der Waals surface area contributed by atoms with Crippen LogP contribution in [-0.2, 0) is 9.53 Å². The molecule has 0 aliphatic heterocycles. The lowest BCUT2D eigenvalue weighted by molar-refractivity contribution is -0.130. The van der Waals surface area contributed by atoms with Gasteiger partial charge in [0, 0.05) is 11.1 Å². The number of hydrogen-bond donors (Lipinski definition) is 0. The van der Waals surface area contributed by atoms with Gasteiger partial charge in [-0.3, -0.25) is 4.79 Å². The fraction of sp³-hybridized carbons (Fsp3) is 0.111. The molecule has 2 aromatic rings. The highest BCUT2D eigenvalue weighted by atomic mass is 16.5. The van der Waals surface area contributed by atoms with E-state index < -0.39 is 5.97 Å². The maximum atomic E-state index is 12.2. The number of carbonyl (C=O) groups is 2. The minimum Gasteiger partial charge on any atom is -0.504 e. The van der Waals surface area contributed by atoms with Gasteiger partial charge in [0.25, 0.3) is 0 Å². The lowest BCUT2D eigenvalue weighted by atomic mass is 10.0. The number of benzene rings is 2. The van der Waals surface area contributed by atoms with Crippen molar-refractivity contribution in [1.29, 1.82) is 0 Å². The van der Waals surface area contributed by atoms with Crippen molar-refractivity contribution in [2.45, 2.75) is 6.92 Å². The third kappa shape index (κ3) is 3.82. The molecule has 0 aliphatic carbocycles. The lowest BCUT2D eigenvalue weighted by Gasteiger charge is -2.06. The van der Waals surface area contributed by atoms with Crippen molar-refractivity contribution in [3.63, 3.8) is 0 Å². The summed E-state index contributed by atoms with van der Waals surface area (Å²) < 4.78 is 9.93. The molecule has 112 valence electrons. The maximum absolute atomic E-state index is 12.2.